The summed E-state index contributed by atoms with van der Waals surface area (Å²) in [5.74, 6) is 7.42. The topological polar surface area (TPSA) is 81.7 Å². The Balaban J connectivity index is 2.03. The molecule has 6 nitrogen and oxygen atoms in total. The van der Waals surface area contributed by atoms with Gasteiger partial charge >= 0.3 is 0 Å². The van der Waals surface area contributed by atoms with Crippen molar-refractivity contribution in [1.82, 2.24) is 19.7 Å². The molecule has 19 heavy (non-hydrogen) atoms. The van der Waals surface area contributed by atoms with Gasteiger partial charge in [0.25, 0.3) is 0 Å². The molecular weight excluding hydrogens is 240 g/mol. The van der Waals surface area contributed by atoms with Gasteiger partial charge in [0.1, 0.15) is 11.6 Å². The van der Waals surface area contributed by atoms with E-state index in [1.54, 1.807) is 10.9 Å². The number of nitrogens with two attached hydrogens (primary N) is 1. The third-order valence-corrected chi connectivity index (χ3v) is 3.72. The third-order valence-electron chi connectivity index (χ3n) is 3.72. The zero-order valence-corrected chi connectivity index (χ0v) is 11.4. The Kier molecular flexibility index (Phi) is 2.56. The minimum atomic E-state index is 0.291. The summed E-state index contributed by atoms with van der Waals surface area (Å²) in [6.07, 6.45) is 4.85. The second-order valence-corrected chi connectivity index (χ2v) is 5.79. The molecule has 0 bridgehead atoms. The largest absolute Gasteiger partial charge is 0.308 e. The minimum Gasteiger partial charge on any atom is -0.308 e. The molecule has 1 fully saturated rings. The van der Waals surface area contributed by atoms with E-state index in [4.69, 9.17) is 5.84 Å². The van der Waals surface area contributed by atoms with Gasteiger partial charge in [0, 0.05) is 30.8 Å². The fourth-order valence-corrected chi connectivity index (χ4v) is 2.30. The van der Waals surface area contributed by atoms with E-state index in [0.29, 0.717) is 17.2 Å². The molecule has 0 aromatic carbocycles. The van der Waals surface area contributed by atoms with Crippen LogP contribution in [0.5, 0.6) is 0 Å². The van der Waals surface area contributed by atoms with E-state index in [0.717, 1.165) is 23.5 Å². The number of anilines is 1. The van der Waals surface area contributed by atoms with Crippen molar-refractivity contribution >= 4 is 5.82 Å². The van der Waals surface area contributed by atoms with Gasteiger partial charge in [-0.3, -0.25) is 4.68 Å². The lowest BCUT2D eigenvalue weighted by atomic mass is 10.1. The molecule has 0 saturated heterocycles. The molecule has 3 N–H and O–H groups in total. The summed E-state index contributed by atoms with van der Waals surface area (Å²) in [6.45, 7) is 4.46. The van der Waals surface area contributed by atoms with Gasteiger partial charge in [0.2, 0.25) is 0 Å². The second-order valence-electron chi connectivity index (χ2n) is 5.79. The Morgan fingerprint density at radius 1 is 1.42 bits per heavy atom. The van der Waals surface area contributed by atoms with Crippen LogP contribution in [0.15, 0.2) is 18.5 Å². The fourth-order valence-electron chi connectivity index (χ4n) is 2.30. The molecule has 1 saturated carbocycles. The standard InChI is InChI=1S/C13H18N6/c1-13(2)5-9(13)12-16-10(4-11(17-12)18-14)8-6-15-19(3)7-8/h4,6-7,9H,5,14H2,1-3H3,(H,16,17,18). The van der Waals surface area contributed by atoms with Crippen LogP contribution in [-0.2, 0) is 7.05 Å². The molecule has 0 aliphatic heterocycles. The van der Waals surface area contributed by atoms with Crippen molar-refractivity contribution in [3.63, 3.8) is 0 Å². The van der Waals surface area contributed by atoms with Crippen LogP contribution in [0.25, 0.3) is 11.3 Å². The first-order chi connectivity index (χ1) is 8.99. The smallest absolute Gasteiger partial charge is 0.144 e. The Hall–Kier alpha value is -1.95. The number of nitrogens with zero attached hydrogens (tertiary/aromatic N) is 4. The van der Waals surface area contributed by atoms with Gasteiger partial charge in [0.15, 0.2) is 0 Å². The SMILES string of the molecule is Cn1cc(-c2cc(NN)nc(C3CC3(C)C)n2)cn1. The third kappa shape index (κ3) is 2.19. The highest BCUT2D eigenvalue weighted by Crippen LogP contribution is 2.57. The summed E-state index contributed by atoms with van der Waals surface area (Å²) in [6, 6.07) is 1.84. The van der Waals surface area contributed by atoms with Gasteiger partial charge in [-0.05, 0) is 11.8 Å². The van der Waals surface area contributed by atoms with E-state index in [1.807, 2.05) is 19.3 Å². The van der Waals surface area contributed by atoms with Gasteiger partial charge in [-0.15, -0.1) is 0 Å². The Bertz CT molecular complexity index is 615. The molecule has 2 heterocycles. The highest BCUT2D eigenvalue weighted by atomic mass is 15.3. The van der Waals surface area contributed by atoms with E-state index in [9.17, 15) is 0 Å². The highest BCUT2D eigenvalue weighted by molar-refractivity contribution is 5.61. The van der Waals surface area contributed by atoms with Crippen LogP contribution in [0.2, 0.25) is 0 Å². The maximum atomic E-state index is 5.50. The van der Waals surface area contributed by atoms with Crippen molar-refractivity contribution in [3.05, 3.63) is 24.3 Å². The van der Waals surface area contributed by atoms with Gasteiger partial charge in [-0.25, -0.2) is 15.8 Å². The molecule has 0 amide bonds. The normalized spacial score (nSPS) is 20.3. The molecule has 6 heteroatoms. The van der Waals surface area contributed by atoms with Crippen molar-refractivity contribution in [2.75, 3.05) is 5.43 Å². The summed E-state index contributed by atoms with van der Waals surface area (Å²) in [5.41, 5.74) is 4.74. The van der Waals surface area contributed by atoms with Crippen LogP contribution in [0.3, 0.4) is 0 Å². The average molecular weight is 258 g/mol. The van der Waals surface area contributed by atoms with E-state index < -0.39 is 0 Å². The van der Waals surface area contributed by atoms with Gasteiger partial charge in [0.05, 0.1) is 11.9 Å². The number of hydrazine groups is 1. The number of hydrogen-bond donors (Lipinski definition) is 2. The molecular formula is C13H18N6. The molecule has 100 valence electrons. The molecule has 0 radical (unpaired) electrons. The van der Waals surface area contributed by atoms with Crippen LogP contribution in [0.4, 0.5) is 5.82 Å². The lowest BCUT2D eigenvalue weighted by molar-refractivity contribution is 0.609. The number of aromatic nitrogens is 4. The Morgan fingerprint density at radius 2 is 2.16 bits per heavy atom. The van der Waals surface area contributed by atoms with E-state index in [-0.39, 0.29) is 0 Å². The van der Waals surface area contributed by atoms with Crippen molar-refractivity contribution in [2.24, 2.45) is 18.3 Å². The second kappa shape index (κ2) is 4.03. The van der Waals surface area contributed by atoms with Crippen LogP contribution in [-0.4, -0.2) is 19.7 Å². The number of hydrogen-bond acceptors (Lipinski definition) is 5. The summed E-state index contributed by atoms with van der Waals surface area (Å²) in [7, 11) is 1.89. The minimum absolute atomic E-state index is 0.291. The van der Waals surface area contributed by atoms with Crippen molar-refractivity contribution < 1.29 is 0 Å². The van der Waals surface area contributed by atoms with Gasteiger partial charge in [-0.2, -0.15) is 5.10 Å². The van der Waals surface area contributed by atoms with E-state index >= 15 is 0 Å². The molecule has 3 rings (SSSR count). The predicted octanol–water partition coefficient (Wildman–Crippen LogP) is 1.68. The molecule has 1 atom stereocenters. The first kappa shape index (κ1) is 12.1. The zero-order valence-electron chi connectivity index (χ0n) is 11.4. The monoisotopic (exact) mass is 258 g/mol. The van der Waals surface area contributed by atoms with Crippen LogP contribution >= 0.6 is 0 Å². The van der Waals surface area contributed by atoms with E-state index in [2.05, 4.69) is 34.3 Å². The number of aryl methyl sites for hydroxylation is 1. The molecule has 0 spiro atoms. The number of rotatable bonds is 3. The molecule has 1 aliphatic rings. The average Bonchev–Trinajstić information content (AvgIpc) is 2.81. The Labute approximate surface area is 112 Å². The lowest BCUT2D eigenvalue weighted by Crippen LogP contribution is -2.11. The Morgan fingerprint density at radius 3 is 2.68 bits per heavy atom. The number of nitrogens with one attached hydrogen (secondary N) is 1. The predicted molar refractivity (Wildman–Crippen MR) is 73.2 cm³/mol. The summed E-state index contributed by atoms with van der Waals surface area (Å²) < 4.78 is 1.76. The quantitative estimate of drug-likeness (QED) is 0.646. The first-order valence-corrected chi connectivity index (χ1v) is 6.34. The molecule has 2 aromatic heterocycles. The molecule has 1 unspecified atom stereocenters. The van der Waals surface area contributed by atoms with Crippen molar-refractivity contribution in [1.29, 1.82) is 0 Å². The summed E-state index contributed by atoms with van der Waals surface area (Å²) in [4.78, 5) is 9.13. The zero-order chi connectivity index (χ0) is 13.6. The van der Waals surface area contributed by atoms with Crippen molar-refractivity contribution in [2.45, 2.75) is 26.2 Å². The maximum absolute atomic E-state index is 5.50. The van der Waals surface area contributed by atoms with Gasteiger partial charge < -0.3 is 5.43 Å². The first-order valence-electron chi connectivity index (χ1n) is 6.34. The maximum Gasteiger partial charge on any atom is 0.144 e. The lowest BCUT2D eigenvalue weighted by Gasteiger charge is -2.07. The molecule has 2 aromatic rings. The van der Waals surface area contributed by atoms with Crippen LogP contribution in [0.1, 0.15) is 32.0 Å². The molecule has 1 aliphatic carbocycles. The van der Waals surface area contributed by atoms with Crippen LogP contribution < -0.4 is 11.3 Å². The number of nitrogen functional groups attached to an aromatic ring is 1. The van der Waals surface area contributed by atoms with Crippen molar-refractivity contribution in [3.8, 4) is 11.3 Å². The summed E-state index contributed by atoms with van der Waals surface area (Å²) >= 11 is 0. The highest BCUT2D eigenvalue weighted by Gasteiger charge is 2.48. The van der Waals surface area contributed by atoms with E-state index in [1.165, 1.54) is 0 Å². The summed E-state index contributed by atoms with van der Waals surface area (Å²) in [5, 5.41) is 4.17. The van der Waals surface area contributed by atoms with Crippen LogP contribution in [0, 0.1) is 5.41 Å². The fraction of sp³-hybridized carbons (Fsp3) is 0.462. The van der Waals surface area contributed by atoms with Gasteiger partial charge in [-0.1, -0.05) is 13.8 Å².